The molecule has 1 atom stereocenters. The van der Waals surface area contributed by atoms with Gasteiger partial charge in [-0.05, 0) is 5.56 Å². The van der Waals surface area contributed by atoms with Gasteiger partial charge in [-0.2, -0.15) is 5.10 Å². The molecule has 1 aliphatic rings. The molecule has 1 heterocycles. The monoisotopic (exact) mass is 189 g/mol. The number of hydrogen-bond acceptors (Lipinski definition) is 3. The van der Waals surface area contributed by atoms with Crippen LogP contribution in [0.2, 0.25) is 0 Å². The van der Waals surface area contributed by atoms with Gasteiger partial charge in [-0.15, -0.1) is 0 Å². The van der Waals surface area contributed by atoms with E-state index in [1.807, 2.05) is 30.3 Å². The third-order valence-electron chi connectivity index (χ3n) is 2.16. The predicted octanol–water partition coefficient (Wildman–Crippen LogP) is 0.109. The van der Waals surface area contributed by atoms with E-state index in [-0.39, 0.29) is 6.04 Å². The fourth-order valence-corrected chi connectivity index (χ4v) is 1.49. The summed E-state index contributed by atoms with van der Waals surface area (Å²) in [5, 5.41) is 6.87. The molecule has 1 aromatic carbocycles. The van der Waals surface area contributed by atoms with Crippen molar-refractivity contribution in [2.45, 2.75) is 6.04 Å². The number of benzene rings is 1. The Morgan fingerprint density at radius 2 is 2.21 bits per heavy atom. The van der Waals surface area contributed by atoms with Crippen molar-refractivity contribution in [1.82, 2.24) is 10.7 Å². The molecule has 0 aliphatic carbocycles. The number of carbonyl (C=O) groups excluding carboxylic acids is 1. The highest BCUT2D eigenvalue weighted by molar-refractivity contribution is 6.06. The lowest BCUT2D eigenvalue weighted by atomic mass is 10.0. The smallest absolute Gasteiger partial charge is 0.207 e. The van der Waals surface area contributed by atoms with Crippen LogP contribution in [0.5, 0.6) is 0 Å². The van der Waals surface area contributed by atoms with Crippen LogP contribution in [0.3, 0.4) is 0 Å². The summed E-state index contributed by atoms with van der Waals surface area (Å²) in [7, 11) is 0. The van der Waals surface area contributed by atoms with Crippen molar-refractivity contribution in [2.24, 2.45) is 5.10 Å². The molecule has 1 unspecified atom stereocenters. The van der Waals surface area contributed by atoms with E-state index < -0.39 is 0 Å². The lowest BCUT2D eigenvalue weighted by molar-refractivity contribution is -0.109. The molecule has 4 nitrogen and oxygen atoms in total. The first kappa shape index (κ1) is 8.74. The third kappa shape index (κ3) is 1.59. The largest absolute Gasteiger partial charge is 0.348 e. The average Bonchev–Trinajstić information content (AvgIpc) is 2.68. The molecule has 1 aliphatic heterocycles. The first-order valence-electron chi connectivity index (χ1n) is 4.47. The zero-order chi connectivity index (χ0) is 9.80. The third-order valence-corrected chi connectivity index (χ3v) is 2.16. The van der Waals surface area contributed by atoms with Gasteiger partial charge in [0.1, 0.15) is 0 Å². The van der Waals surface area contributed by atoms with Crippen LogP contribution in [-0.2, 0) is 4.79 Å². The second-order valence-corrected chi connectivity index (χ2v) is 3.06. The van der Waals surface area contributed by atoms with Gasteiger partial charge in [-0.1, -0.05) is 30.3 Å². The van der Waals surface area contributed by atoms with E-state index in [1.54, 1.807) is 0 Å². The molecule has 0 aromatic heterocycles. The van der Waals surface area contributed by atoms with Gasteiger partial charge in [0.25, 0.3) is 0 Å². The lowest BCUT2D eigenvalue weighted by Crippen LogP contribution is -2.37. The number of carbonyl (C=O) groups is 1. The van der Waals surface area contributed by atoms with Gasteiger partial charge in [0.2, 0.25) is 6.41 Å². The van der Waals surface area contributed by atoms with Crippen LogP contribution in [0.4, 0.5) is 0 Å². The Morgan fingerprint density at radius 3 is 2.93 bits per heavy atom. The molecule has 0 fully saturated rings. The van der Waals surface area contributed by atoms with Crippen LogP contribution in [0.25, 0.3) is 0 Å². The maximum absolute atomic E-state index is 10.3. The van der Waals surface area contributed by atoms with Crippen molar-refractivity contribution in [2.75, 3.05) is 6.54 Å². The van der Waals surface area contributed by atoms with Gasteiger partial charge < -0.3 is 10.7 Å². The second-order valence-electron chi connectivity index (χ2n) is 3.06. The van der Waals surface area contributed by atoms with Crippen molar-refractivity contribution >= 4 is 12.1 Å². The molecule has 2 N–H and O–H groups in total. The minimum atomic E-state index is -0.0186. The molecule has 0 radical (unpaired) electrons. The van der Waals surface area contributed by atoms with Crippen molar-refractivity contribution in [3.05, 3.63) is 35.9 Å². The van der Waals surface area contributed by atoms with E-state index in [4.69, 9.17) is 0 Å². The molecule has 2 rings (SSSR count). The number of rotatable bonds is 3. The fraction of sp³-hybridized carbons (Fsp3) is 0.200. The molecule has 1 aromatic rings. The number of amides is 1. The molecule has 0 spiro atoms. The quantitative estimate of drug-likeness (QED) is 0.663. The molecule has 0 saturated heterocycles. The highest BCUT2D eigenvalue weighted by atomic mass is 16.1. The van der Waals surface area contributed by atoms with Gasteiger partial charge in [0.15, 0.2) is 0 Å². The molecule has 0 saturated carbocycles. The number of nitrogens with one attached hydrogen (secondary N) is 2. The van der Waals surface area contributed by atoms with Gasteiger partial charge in [0.05, 0.1) is 18.3 Å². The summed E-state index contributed by atoms with van der Waals surface area (Å²) in [6, 6.07) is 9.79. The first-order valence-corrected chi connectivity index (χ1v) is 4.47. The fourth-order valence-electron chi connectivity index (χ4n) is 1.49. The standard InChI is InChI=1S/C10H11N3O/c14-7-11-9-6-12-13-10(9)8-4-2-1-3-5-8/h1-5,7,9,12H,6H2,(H,11,14). The summed E-state index contributed by atoms with van der Waals surface area (Å²) < 4.78 is 0. The second kappa shape index (κ2) is 3.91. The molecule has 14 heavy (non-hydrogen) atoms. The summed E-state index contributed by atoms with van der Waals surface area (Å²) in [5.41, 5.74) is 4.80. The van der Waals surface area contributed by atoms with Gasteiger partial charge >= 0.3 is 0 Å². The van der Waals surface area contributed by atoms with E-state index in [1.165, 1.54) is 0 Å². The Balaban J connectivity index is 2.22. The van der Waals surface area contributed by atoms with Crippen molar-refractivity contribution in [3.63, 3.8) is 0 Å². The zero-order valence-electron chi connectivity index (χ0n) is 7.60. The topological polar surface area (TPSA) is 53.5 Å². The van der Waals surface area contributed by atoms with Crippen molar-refractivity contribution < 1.29 is 4.79 Å². The van der Waals surface area contributed by atoms with E-state index in [2.05, 4.69) is 15.8 Å². The normalized spacial score (nSPS) is 19.7. The van der Waals surface area contributed by atoms with Crippen LogP contribution in [0.15, 0.2) is 35.4 Å². The van der Waals surface area contributed by atoms with Crippen LogP contribution in [0, 0.1) is 0 Å². The lowest BCUT2D eigenvalue weighted by Gasteiger charge is -2.09. The van der Waals surface area contributed by atoms with E-state index in [9.17, 15) is 4.79 Å². The average molecular weight is 189 g/mol. The van der Waals surface area contributed by atoms with Gasteiger partial charge in [-0.3, -0.25) is 4.79 Å². The molecular formula is C10H11N3O. The minimum absolute atomic E-state index is 0.0186. The van der Waals surface area contributed by atoms with Crippen LogP contribution in [-0.4, -0.2) is 24.7 Å². The molecule has 0 bridgehead atoms. The summed E-state index contributed by atoms with van der Waals surface area (Å²) in [6.45, 7) is 0.656. The predicted molar refractivity (Wildman–Crippen MR) is 54.0 cm³/mol. The summed E-state index contributed by atoms with van der Waals surface area (Å²) >= 11 is 0. The van der Waals surface area contributed by atoms with Crippen LogP contribution in [0.1, 0.15) is 5.56 Å². The van der Waals surface area contributed by atoms with Crippen LogP contribution >= 0.6 is 0 Å². The molecular weight excluding hydrogens is 178 g/mol. The Labute approximate surface area is 82.0 Å². The van der Waals surface area contributed by atoms with E-state index in [0.717, 1.165) is 11.3 Å². The Morgan fingerprint density at radius 1 is 1.43 bits per heavy atom. The maximum atomic E-state index is 10.3. The summed E-state index contributed by atoms with van der Waals surface area (Å²) in [4.78, 5) is 10.3. The maximum Gasteiger partial charge on any atom is 0.207 e. The highest BCUT2D eigenvalue weighted by Crippen LogP contribution is 2.07. The first-order chi connectivity index (χ1) is 6.92. The van der Waals surface area contributed by atoms with E-state index in [0.29, 0.717) is 13.0 Å². The number of nitrogens with zero attached hydrogens (tertiary/aromatic N) is 1. The van der Waals surface area contributed by atoms with E-state index >= 15 is 0 Å². The Hall–Kier alpha value is -1.84. The zero-order valence-corrected chi connectivity index (χ0v) is 7.60. The van der Waals surface area contributed by atoms with Gasteiger partial charge in [0, 0.05) is 0 Å². The molecule has 72 valence electrons. The van der Waals surface area contributed by atoms with Crippen molar-refractivity contribution in [3.8, 4) is 0 Å². The summed E-state index contributed by atoms with van der Waals surface area (Å²) in [6.07, 6.45) is 0.704. The molecule has 1 amide bonds. The minimum Gasteiger partial charge on any atom is -0.348 e. The SMILES string of the molecule is O=CNC1CNN=C1c1ccccc1. The Kier molecular flexibility index (Phi) is 2.44. The van der Waals surface area contributed by atoms with Crippen molar-refractivity contribution in [1.29, 1.82) is 0 Å². The number of hydrogen-bond donors (Lipinski definition) is 2. The molecule has 4 heteroatoms. The summed E-state index contributed by atoms with van der Waals surface area (Å²) in [5.74, 6) is 0. The highest BCUT2D eigenvalue weighted by Gasteiger charge is 2.21. The van der Waals surface area contributed by atoms with Crippen LogP contribution < -0.4 is 10.7 Å². The van der Waals surface area contributed by atoms with Gasteiger partial charge in [-0.25, -0.2) is 0 Å². The number of hydrazone groups is 1. The Bertz CT molecular complexity index is 348.